The van der Waals surface area contributed by atoms with Crippen LogP contribution < -0.4 is 0 Å². The monoisotopic (exact) mass is 309 g/mol. The van der Waals surface area contributed by atoms with Crippen LogP contribution in [0.15, 0.2) is 36.8 Å². The van der Waals surface area contributed by atoms with Crippen LogP contribution >= 0.6 is 0 Å². The van der Waals surface area contributed by atoms with E-state index in [1.807, 2.05) is 11.0 Å². The number of hydrogen-bond acceptors (Lipinski definition) is 4. The van der Waals surface area contributed by atoms with Crippen molar-refractivity contribution in [2.75, 3.05) is 19.7 Å². The van der Waals surface area contributed by atoms with Crippen LogP contribution in [0, 0.1) is 0 Å². The molecular formula is C18H19N3O2. The van der Waals surface area contributed by atoms with Gasteiger partial charge in [-0.05, 0) is 42.5 Å². The summed E-state index contributed by atoms with van der Waals surface area (Å²) in [6, 6.07) is 6.13. The van der Waals surface area contributed by atoms with Gasteiger partial charge >= 0.3 is 0 Å². The van der Waals surface area contributed by atoms with Crippen LogP contribution in [0.2, 0.25) is 0 Å². The minimum Gasteiger partial charge on any atom is -0.368 e. The molecule has 118 valence electrons. The second-order valence-corrected chi connectivity index (χ2v) is 6.08. The SMILES string of the molecule is O=C(c1ccc2c(c1)CCC2)N1CCOC(c2cnccn2)C1. The lowest BCUT2D eigenvalue weighted by molar-refractivity contribution is -0.0249. The molecular weight excluding hydrogens is 290 g/mol. The minimum atomic E-state index is -0.198. The van der Waals surface area contributed by atoms with Gasteiger partial charge in [-0.3, -0.25) is 14.8 Å². The van der Waals surface area contributed by atoms with E-state index in [0.29, 0.717) is 19.7 Å². The van der Waals surface area contributed by atoms with Crippen molar-refractivity contribution in [3.8, 4) is 0 Å². The van der Waals surface area contributed by atoms with Crippen molar-refractivity contribution in [1.29, 1.82) is 0 Å². The lowest BCUT2D eigenvalue weighted by atomic mass is 10.0. The zero-order valence-electron chi connectivity index (χ0n) is 12.9. The first-order valence-corrected chi connectivity index (χ1v) is 8.10. The van der Waals surface area contributed by atoms with Crippen LogP contribution in [0.25, 0.3) is 0 Å². The third kappa shape index (κ3) is 2.84. The molecule has 2 aliphatic rings. The van der Waals surface area contributed by atoms with Crippen molar-refractivity contribution in [3.63, 3.8) is 0 Å². The molecule has 1 atom stereocenters. The van der Waals surface area contributed by atoms with E-state index in [1.54, 1.807) is 18.6 Å². The van der Waals surface area contributed by atoms with E-state index in [-0.39, 0.29) is 12.0 Å². The number of nitrogens with zero attached hydrogens (tertiary/aromatic N) is 3. The third-order valence-electron chi connectivity index (χ3n) is 4.61. The van der Waals surface area contributed by atoms with E-state index in [0.717, 1.165) is 24.1 Å². The van der Waals surface area contributed by atoms with Crippen molar-refractivity contribution >= 4 is 5.91 Å². The van der Waals surface area contributed by atoms with E-state index >= 15 is 0 Å². The summed E-state index contributed by atoms with van der Waals surface area (Å²) in [4.78, 5) is 23.0. The fourth-order valence-electron chi connectivity index (χ4n) is 3.38. The highest BCUT2D eigenvalue weighted by molar-refractivity contribution is 5.94. The molecule has 2 heterocycles. The van der Waals surface area contributed by atoms with Crippen LogP contribution in [0.3, 0.4) is 0 Å². The van der Waals surface area contributed by atoms with Gasteiger partial charge < -0.3 is 9.64 Å². The number of hydrogen-bond donors (Lipinski definition) is 0. The van der Waals surface area contributed by atoms with E-state index in [9.17, 15) is 4.79 Å². The van der Waals surface area contributed by atoms with Gasteiger partial charge in [0.15, 0.2) is 0 Å². The summed E-state index contributed by atoms with van der Waals surface area (Å²) in [7, 11) is 0. The smallest absolute Gasteiger partial charge is 0.254 e. The predicted octanol–water partition coefficient (Wildman–Crippen LogP) is 2.18. The molecule has 0 radical (unpaired) electrons. The molecule has 23 heavy (non-hydrogen) atoms. The molecule has 0 bridgehead atoms. The molecule has 0 N–H and O–H groups in total. The number of rotatable bonds is 2. The summed E-state index contributed by atoms with van der Waals surface area (Å²) in [6.45, 7) is 1.67. The standard InChI is InChI=1S/C18H19N3O2/c22-18(15-5-4-13-2-1-3-14(13)10-15)21-8-9-23-17(12-21)16-11-19-6-7-20-16/h4-7,10-11,17H,1-3,8-9,12H2. The topological polar surface area (TPSA) is 55.3 Å². The Labute approximate surface area is 135 Å². The van der Waals surface area contributed by atoms with Gasteiger partial charge in [-0.2, -0.15) is 0 Å². The van der Waals surface area contributed by atoms with E-state index in [1.165, 1.54) is 17.5 Å². The van der Waals surface area contributed by atoms with Gasteiger partial charge in [0.25, 0.3) is 5.91 Å². The molecule has 1 unspecified atom stereocenters. The van der Waals surface area contributed by atoms with Gasteiger partial charge in [0.05, 0.1) is 25.0 Å². The van der Waals surface area contributed by atoms with Crippen LogP contribution in [-0.4, -0.2) is 40.5 Å². The molecule has 0 saturated carbocycles. The molecule has 4 rings (SSSR count). The van der Waals surface area contributed by atoms with Crippen LogP contribution in [0.1, 0.15) is 39.7 Å². The number of carbonyl (C=O) groups is 1. The second kappa shape index (κ2) is 6.08. The van der Waals surface area contributed by atoms with Crippen LogP contribution in [-0.2, 0) is 17.6 Å². The third-order valence-corrected chi connectivity index (χ3v) is 4.61. The lowest BCUT2D eigenvalue weighted by Gasteiger charge is -2.32. The Morgan fingerprint density at radius 3 is 3.00 bits per heavy atom. The van der Waals surface area contributed by atoms with Crippen LogP contribution in [0.4, 0.5) is 0 Å². The molecule has 1 amide bonds. The molecule has 1 fully saturated rings. The van der Waals surface area contributed by atoms with Gasteiger partial charge in [0.2, 0.25) is 0 Å². The summed E-state index contributed by atoms with van der Waals surface area (Å²) >= 11 is 0. The molecule has 2 aromatic rings. The van der Waals surface area contributed by atoms with Crippen LogP contribution in [0.5, 0.6) is 0 Å². The molecule has 0 spiro atoms. The minimum absolute atomic E-state index is 0.0805. The molecule has 5 heteroatoms. The Bertz CT molecular complexity index is 717. The number of aromatic nitrogens is 2. The molecule has 1 aliphatic heterocycles. The van der Waals surface area contributed by atoms with Gasteiger partial charge in [-0.25, -0.2) is 0 Å². The Morgan fingerprint density at radius 1 is 1.22 bits per heavy atom. The highest BCUT2D eigenvalue weighted by Crippen LogP contribution is 2.25. The number of aryl methyl sites for hydroxylation is 2. The first-order valence-electron chi connectivity index (χ1n) is 8.10. The van der Waals surface area contributed by atoms with Crippen molar-refractivity contribution in [1.82, 2.24) is 14.9 Å². The second-order valence-electron chi connectivity index (χ2n) is 6.08. The van der Waals surface area contributed by atoms with E-state index in [4.69, 9.17) is 4.74 Å². The van der Waals surface area contributed by atoms with Crippen molar-refractivity contribution < 1.29 is 9.53 Å². The van der Waals surface area contributed by atoms with E-state index < -0.39 is 0 Å². The van der Waals surface area contributed by atoms with Crippen molar-refractivity contribution in [2.45, 2.75) is 25.4 Å². The first-order chi connectivity index (χ1) is 11.3. The molecule has 1 aliphatic carbocycles. The number of ether oxygens (including phenoxy) is 1. The van der Waals surface area contributed by atoms with Gasteiger partial charge in [-0.15, -0.1) is 0 Å². The van der Waals surface area contributed by atoms with Crippen molar-refractivity contribution in [3.05, 3.63) is 59.2 Å². The maximum atomic E-state index is 12.8. The average molecular weight is 309 g/mol. The number of morpholine rings is 1. The molecule has 1 aromatic carbocycles. The maximum Gasteiger partial charge on any atom is 0.254 e. The average Bonchev–Trinajstić information content (AvgIpc) is 3.09. The Kier molecular flexibility index (Phi) is 3.79. The summed E-state index contributed by atoms with van der Waals surface area (Å²) in [5.41, 5.74) is 4.28. The zero-order chi connectivity index (χ0) is 15.6. The predicted molar refractivity (Wildman–Crippen MR) is 85.1 cm³/mol. The molecule has 1 saturated heterocycles. The summed E-state index contributed by atoms with van der Waals surface area (Å²) in [5, 5.41) is 0. The normalized spacial score (nSPS) is 20.3. The van der Waals surface area contributed by atoms with E-state index in [2.05, 4.69) is 22.1 Å². The van der Waals surface area contributed by atoms with Gasteiger partial charge in [0.1, 0.15) is 6.10 Å². The van der Waals surface area contributed by atoms with Crippen molar-refractivity contribution in [2.24, 2.45) is 0 Å². The fourth-order valence-corrected chi connectivity index (χ4v) is 3.38. The number of carbonyl (C=O) groups excluding carboxylic acids is 1. The Balaban J connectivity index is 1.52. The number of benzene rings is 1. The molecule has 5 nitrogen and oxygen atoms in total. The molecule has 1 aromatic heterocycles. The quantitative estimate of drug-likeness (QED) is 0.853. The summed E-state index contributed by atoms with van der Waals surface area (Å²) in [5.74, 6) is 0.0805. The summed E-state index contributed by atoms with van der Waals surface area (Å²) < 4.78 is 5.76. The maximum absolute atomic E-state index is 12.8. The van der Waals surface area contributed by atoms with Gasteiger partial charge in [-0.1, -0.05) is 6.07 Å². The Hall–Kier alpha value is -2.27. The fraction of sp³-hybridized carbons (Fsp3) is 0.389. The number of amides is 1. The summed E-state index contributed by atoms with van der Waals surface area (Å²) in [6.07, 6.45) is 8.21. The Morgan fingerprint density at radius 2 is 2.13 bits per heavy atom. The highest BCUT2D eigenvalue weighted by atomic mass is 16.5. The first kappa shape index (κ1) is 14.3. The van der Waals surface area contributed by atoms with Gasteiger partial charge in [0, 0.05) is 24.5 Å². The highest BCUT2D eigenvalue weighted by Gasteiger charge is 2.27. The zero-order valence-corrected chi connectivity index (χ0v) is 12.9. The number of fused-ring (bicyclic) bond motifs is 1. The largest absolute Gasteiger partial charge is 0.368 e. The lowest BCUT2D eigenvalue weighted by Crippen LogP contribution is -2.42.